The highest BCUT2D eigenvalue weighted by Gasteiger charge is 2.12. The first-order valence-corrected chi connectivity index (χ1v) is 10.3. The molecule has 0 amide bonds. The molecule has 0 atom stereocenters. The number of rotatable bonds is 5. The van der Waals surface area contributed by atoms with Crippen molar-refractivity contribution in [2.24, 2.45) is 0 Å². The van der Waals surface area contributed by atoms with Gasteiger partial charge in [0.15, 0.2) is 0 Å². The predicted octanol–water partition coefficient (Wildman–Crippen LogP) is 4.46. The van der Waals surface area contributed by atoms with E-state index in [1.54, 1.807) is 0 Å². The van der Waals surface area contributed by atoms with Gasteiger partial charge in [-0.1, -0.05) is 73.7 Å². The van der Waals surface area contributed by atoms with Gasteiger partial charge >= 0.3 is 0 Å². The van der Waals surface area contributed by atoms with Crippen LogP contribution in [0.25, 0.3) is 33.3 Å². The number of nitrogens with one attached hydrogen (secondary N) is 1. The summed E-state index contributed by atoms with van der Waals surface area (Å²) in [4.78, 5) is 13.1. The van der Waals surface area contributed by atoms with Crippen molar-refractivity contribution in [3.05, 3.63) is 100 Å². The number of pyridine rings is 1. The summed E-state index contributed by atoms with van der Waals surface area (Å²) in [7, 11) is 0. The number of benzene rings is 3. The molecule has 152 valence electrons. The lowest BCUT2D eigenvalue weighted by Crippen LogP contribution is -2.24. The van der Waals surface area contributed by atoms with Gasteiger partial charge in [0, 0.05) is 16.6 Å². The molecule has 0 aliphatic carbocycles. The molecule has 6 heteroatoms. The summed E-state index contributed by atoms with van der Waals surface area (Å²) in [5, 5.41) is 16.2. The first-order chi connectivity index (χ1) is 15.2. The van der Waals surface area contributed by atoms with Crippen LogP contribution in [0.1, 0.15) is 18.2 Å². The number of aromatic amines is 1. The van der Waals surface area contributed by atoms with E-state index in [0.29, 0.717) is 12.4 Å². The molecular weight excluding hydrogens is 386 g/mol. The zero-order chi connectivity index (χ0) is 21.2. The summed E-state index contributed by atoms with van der Waals surface area (Å²) in [6, 6.07) is 26.2. The summed E-state index contributed by atoms with van der Waals surface area (Å²) in [6.45, 7) is 2.62. The second kappa shape index (κ2) is 7.99. The third-order valence-electron chi connectivity index (χ3n) is 5.59. The molecule has 0 saturated heterocycles. The maximum atomic E-state index is 13.1. The molecule has 0 aliphatic heterocycles. The van der Waals surface area contributed by atoms with E-state index in [-0.39, 0.29) is 5.56 Å². The molecule has 6 nitrogen and oxygen atoms in total. The summed E-state index contributed by atoms with van der Waals surface area (Å²) < 4.78 is 1.88. The van der Waals surface area contributed by atoms with Gasteiger partial charge in [-0.2, -0.15) is 5.21 Å². The Hall–Kier alpha value is -4.06. The van der Waals surface area contributed by atoms with E-state index in [1.807, 2.05) is 53.1 Å². The molecule has 2 aromatic heterocycles. The summed E-state index contributed by atoms with van der Waals surface area (Å²) in [6.07, 6.45) is 0.802. The zero-order valence-electron chi connectivity index (χ0n) is 17.1. The van der Waals surface area contributed by atoms with Crippen LogP contribution < -0.4 is 5.56 Å². The number of nitrogens with zero attached hydrogens (tertiary/aromatic N) is 4. The van der Waals surface area contributed by atoms with Crippen molar-refractivity contribution in [2.45, 2.75) is 19.9 Å². The molecule has 1 N–H and O–H groups in total. The van der Waals surface area contributed by atoms with Gasteiger partial charge in [0.2, 0.25) is 5.82 Å². The molecule has 0 spiro atoms. The Kier molecular flexibility index (Phi) is 4.88. The summed E-state index contributed by atoms with van der Waals surface area (Å²) in [5.41, 5.74) is 5.19. The minimum absolute atomic E-state index is 0.0569. The molecule has 5 aromatic rings. The van der Waals surface area contributed by atoms with Crippen LogP contribution >= 0.6 is 0 Å². The number of aromatic nitrogens is 5. The molecule has 0 bridgehead atoms. The maximum absolute atomic E-state index is 13.1. The van der Waals surface area contributed by atoms with Crippen LogP contribution in [0.5, 0.6) is 0 Å². The van der Waals surface area contributed by atoms with Crippen molar-refractivity contribution in [3.63, 3.8) is 0 Å². The number of tetrazole rings is 1. The highest BCUT2D eigenvalue weighted by atomic mass is 16.1. The van der Waals surface area contributed by atoms with Crippen molar-refractivity contribution in [2.75, 3.05) is 0 Å². The third-order valence-corrected chi connectivity index (χ3v) is 5.59. The van der Waals surface area contributed by atoms with Crippen LogP contribution in [0.2, 0.25) is 0 Å². The topological polar surface area (TPSA) is 76.5 Å². The van der Waals surface area contributed by atoms with Gasteiger partial charge in [-0.3, -0.25) is 4.79 Å². The number of aryl methyl sites for hydroxylation is 1. The maximum Gasteiger partial charge on any atom is 0.258 e. The highest BCUT2D eigenvalue weighted by molar-refractivity contribution is 5.82. The van der Waals surface area contributed by atoms with Crippen molar-refractivity contribution < 1.29 is 0 Å². The van der Waals surface area contributed by atoms with Gasteiger partial charge in [-0.05, 0) is 45.8 Å². The SMILES string of the molecule is CCc1cc2ccccc2c(=O)n1Cc1ccc(-c2ccccc2-c2nn[nH]n2)cc1. The summed E-state index contributed by atoms with van der Waals surface area (Å²) >= 11 is 0. The van der Waals surface area contributed by atoms with Crippen LogP contribution in [-0.4, -0.2) is 25.2 Å². The zero-order valence-corrected chi connectivity index (χ0v) is 17.1. The first kappa shape index (κ1) is 18.9. The number of hydrogen-bond donors (Lipinski definition) is 1. The van der Waals surface area contributed by atoms with E-state index in [2.05, 4.69) is 57.9 Å². The van der Waals surface area contributed by atoms with Crippen LogP contribution in [0.15, 0.2) is 83.7 Å². The lowest BCUT2D eigenvalue weighted by Gasteiger charge is -2.14. The average Bonchev–Trinajstić information content (AvgIpc) is 3.36. The van der Waals surface area contributed by atoms with Gasteiger partial charge in [-0.15, -0.1) is 10.2 Å². The standard InChI is InChI=1S/C25H21N5O/c1-2-20-15-19-7-3-4-9-22(19)25(31)30(20)16-17-11-13-18(14-12-17)21-8-5-6-10-23(21)24-26-28-29-27-24/h3-15H,2,16H2,1H3,(H,26,27,28,29). The molecule has 5 rings (SSSR count). The highest BCUT2D eigenvalue weighted by Crippen LogP contribution is 2.29. The fourth-order valence-corrected chi connectivity index (χ4v) is 4.00. The Morgan fingerprint density at radius 2 is 1.65 bits per heavy atom. The molecule has 0 unspecified atom stereocenters. The molecule has 0 aliphatic rings. The van der Waals surface area contributed by atoms with E-state index >= 15 is 0 Å². The number of H-pyrrole nitrogens is 1. The van der Waals surface area contributed by atoms with Gasteiger partial charge < -0.3 is 4.57 Å². The number of fused-ring (bicyclic) bond motifs is 1. The van der Waals surface area contributed by atoms with Crippen LogP contribution in [0, 0.1) is 0 Å². The second-order valence-corrected chi connectivity index (χ2v) is 7.45. The largest absolute Gasteiger partial charge is 0.308 e. The average molecular weight is 407 g/mol. The number of hydrogen-bond acceptors (Lipinski definition) is 4. The normalized spacial score (nSPS) is 11.1. The Morgan fingerprint density at radius 1 is 0.903 bits per heavy atom. The van der Waals surface area contributed by atoms with Gasteiger partial charge in [0.05, 0.1) is 6.54 Å². The Balaban J connectivity index is 1.50. The van der Waals surface area contributed by atoms with Crippen LogP contribution in [-0.2, 0) is 13.0 Å². The quantitative estimate of drug-likeness (QED) is 0.467. The van der Waals surface area contributed by atoms with Gasteiger partial charge in [-0.25, -0.2) is 0 Å². The fourth-order valence-electron chi connectivity index (χ4n) is 4.00. The minimum Gasteiger partial charge on any atom is -0.308 e. The molecule has 3 aromatic carbocycles. The van der Waals surface area contributed by atoms with Crippen molar-refractivity contribution >= 4 is 10.8 Å². The van der Waals surface area contributed by atoms with E-state index in [4.69, 9.17) is 0 Å². The second-order valence-electron chi connectivity index (χ2n) is 7.45. The lowest BCUT2D eigenvalue weighted by molar-refractivity contribution is 0.715. The van der Waals surface area contributed by atoms with E-state index < -0.39 is 0 Å². The van der Waals surface area contributed by atoms with Gasteiger partial charge in [0.1, 0.15) is 0 Å². The van der Waals surface area contributed by atoms with E-state index in [0.717, 1.165) is 45.1 Å². The lowest BCUT2D eigenvalue weighted by atomic mass is 9.98. The molecule has 0 radical (unpaired) electrons. The smallest absolute Gasteiger partial charge is 0.258 e. The Bertz CT molecular complexity index is 1400. The van der Waals surface area contributed by atoms with E-state index in [9.17, 15) is 4.79 Å². The van der Waals surface area contributed by atoms with Crippen LogP contribution in [0.3, 0.4) is 0 Å². The summed E-state index contributed by atoms with van der Waals surface area (Å²) in [5.74, 6) is 0.565. The molecule has 2 heterocycles. The molecule has 0 fully saturated rings. The van der Waals surface area contributed by atoms with Crippen molar-refractivity contribution in [3.8, 4) is 22.5 Å². The Labute approximate surface area is 179 Å². The predicted molar refractivity (Wildman–Crippen MR) is 122 cm³/mol. The fraction of sp³-hybridized carbons (Fsp3) is 0.120. The van der Waals surface area contributed by atoms with E-state index in [1.165, 1.54) is 0 Å². The van der Waals surface area contributed by atoms with Crippen LogP contribution in [0.4, 0.5) is 0 Å². The molecule has 0 saturated carbocycles. The molecule has 31 heavy (non-hydrogen) atoms. The Morgan fingerprint density at radius 3 is 2.39 bits per heavy atom. The monoisotopic (exact) mass is 407 g/mol. The van der Waals surface area contributed by atoms with Gasteiger partial charge in [0.25, 0.3) is 5.56 Å². The molecular formula is C25H21N5O. The first-order valence-electron chi connectivity index (χ1n) is 10.3. The van der Waals surface area contributed by atoms with Crippen molar-refractivity contribution in [1.29, 1.82) is 0 Å². The third kappa shape index (κ3) is 3.53. The van der Waals surface area contributed by atoms with Crippen molar-refractivity contribution in [1.82, 2.24) is 25.2 Å². The minimum atomic E-state index is 0.0569.